The zero-order chi connectivity index (χ0) is 26.1. The van der Waals surface area contributed by atoms with Crippen LogP contribution in [0.25, 0.3) is 27.6 Å². The number of anilines is 1. The van der Waals surface area contributed by atoms with E-state index in [1.807, 2.05) is 24.3 Å². The maximum absolute atomic E-state index is 12.1. The quantitative estimate of drug-likeness (QED) is 0.475. The fourth-order valence-corrected chi connectivity index (χ4v) is 5.21. The van der Waals surface area contributed by atoms with Crippen molar-refractivity contribution in [2.24, 2.45) is 5.73 Å². The van der Waals surface area contributed by atoms with Crippen LogP contribution in [0.2, 0.25) is 0 Å². The number of rotatable bonds is 6. The van der Waals surface area contributed by atoms with Gasteiger partial charge < -0.3 is 24.7 Å². The molecule has 0 atom stereocenters. The molecule has 2 amide bonds. The maximum atomic E-state index is 12.1. The van der Waals surface area contributed by atoms with Gasteiger partial charge in [-0.25, -0.2) is 9.36 Å². The monoisotopic (exact) mass is 500 g/mol. The van der Waals surface area contributed by atoms with E-state index in [0.29, 0.717) is 41.8 Å². The molecule has 190 valence electrons. The van der Waals surface area contributed by atoms with E-state index in [1.165, 1.54) is 0 Å². The summed E-state index contributed by atoms with van der Waals surface area (Å²) in [6.45, 7) is 0.605. The van der Waals surface area contributed by atoms with Crippen molar-refractivity contribution in [2.45, 2.75) is 19.4 Å². The Morgan fingerprint density at radius 2 is 1.68 bits per heavy atom. The molecule has 0 fully saturated rings. The molecule has 8 heteroatoms. The maximum Gasteiger partial charge on any atom is 0.404 e. The summed E-state index contributed by atoms with van der Waals surface area (Å²) < 4.78 is 25.0. The number of benzene rings is 2. The van der Waals surface area contributed by atoms with Gasteiger partial charge in [-0.3, -0.25) is 0 Å². The van der Waals surface area contributed by atoms with Gasteiger partial charge in [-0.15, -0.1) is 0 Å². The van der Waals surface area contributed by atoms with Crippen molar-refractivity contribution >= 4 is 28.2 Å². The number of carbonyl (C=O) groups excluding carboxylic acids is 1. The lowest BCUT2D eigenvalue weighted by Gasteiger charge is -2.26. The fourth-order valence-electron chi connectivity index (χ4n) is 5.21. The average molecular weight is 501 g/mol. The van der Waals surface area contributed by atoms with Crippen molar-refractivity contribution in [1.29, 1.82) is 0 Å². The van der Waals surface area contributed by atoms with Crippen LogP contribution in [0.3, 0.4) is 0 Å². The highest BCUT2D eigenvalue weighted by atomic mass is 16.5. The molecule has 37 heavy (non-hydrogen) atoms. The molecule has 0 unspecified atom stereocenters. The van der Waals surface area contributed by atoms with Gasteiger partial charge in [0.1, 0.15) is 5.69 Å². The highest BCUT2D eigenvalue weighted by Gasteiger charge is 2.32. The molecule has 0 bridgehead atoms. The molecule has 3 N–H and O–H groups in total. The number of aromatic nitrogens is 1. The SMILES string of the molecule is COc1cc2cc3[n+](c(NC(N)=O)c2cc1OC)CCc1c-3cc(C2=CCC=CC=C2)c(OC)c1OC. The van der Waals surface area contributed by atoms with Crippen molar-refractivity contribution < 1.29 is 28.3 Å². The zero-order valence-corrected chi connectivity index (χ0v) is 21.4. The molecular formula is C29H30N3O5+. The van der Waals surface area contributed by atoms with Gasteiger partial charge in [0.25, 0.3) is 5.82 Å². The lowest BCUT2D eigenvalue weighted by Crippen LogP contribution is -2.44. The highest BCUT2D eigenvalue weighted by molar-refractivity contribution is 6.01. The van der Waals surface area contributed by atoms with Crippen LogP contribution in [0.4, 0.5) is 10.6 Å². The van der Waals surface area contributed by atoms with E-state index in [1.54, 1.807) is 28.4 Å². The van der Waals surface area contributed by atoms with E-state index < -0.39 is 6.03 Å². The van der Waals surface area contributed by atoms with Crippen molar-refractivity contribution in [3.05, 3.63) is 65.8 Å². The first-order valence-corrected chi connectivity index (χ1v) is 12.0. The minimum Gasteiger partial charge on any atom is -0.493 e. The molecule has 3 aromatic rings. The molecule has 0 saturated carbocycles. The first-order chi connectivity index (χ1) is 18.0. The number of hydrogen-bond acceptors (Lipinski definition) is 5. The number of methoxy groups -OCH3 is 4. The Bertz CT molecular complexity index is 1500. The lowest BCUT2D eigenvalue weighted by atomic mass is 9.89. The number of nitrogens with two attached hydrogens (primary N) is 1. The molecule has 2 aromatic carbocycles. The van der Waals surface area contributed by atoms with Crippen LogP contribution < -0.4 is 34.6 Å². The van der Waals surface area contributed by atoms with E-state index in [0.717, 1.165) is 45.2 Å². The van der Waals surface area contributed by atoms with Crippen LogP contribution in [0.15, 0.2) is 54.6 Å². The molecule has 0 spiro atoms. The number of carbonyl (C=O) groups is 1. The predicted molar refractivity (Wildman–Crippen MR) is 144 cm³/mol. The number of pyridine rings is 1. The molecule has 0 saturated heterocycles. The van der Waals surface area contributed by atoms with Crippen molar-refractivity contribution in [3.8, 4) is 34.3 Å². The summed E-state index contributed by atoms with van der Waals surface area (Å²) in [5, 5.41) is 4.52. The Balaban J connectivity index is 1.84. The number of nitrogens with one attached hydrogen (secondary N) is 1. The van der Waals surface area contributed by atoms with E-state index >= 15 is 0 Å². The molecule has 2 aliphatic rings. The summed E-state index contributed by atoms with van der Waals surface area (Å²) in [7, 11) is 6.52. The van der Waals surface area contributed by atoms with Crippen LogP contribution in [0.5, 0.6) is 23.0 Å². The summed E-state index contributed by atoms with van der Waals surface area (Å²) >= 11 is 0. The van der Waals surface area contributed by atoms with Gasteiger partial charge in [-0.1, -0.05) is 30.4 Å². The van der Waals surface area contributed by atoms with Gasteiger partial charge in [0.05, 0.1) is 40.4 Å². The Hall–Kier alpha value is -4.46. The molecule has 5 rings (SSSR count). The fraction of sp³-hybridized carbons (Fsp3) is 0.241. The van der Waals surface area contributed by atoms with Crippen molar-refractivity contribution in [1.82, 2.24) is 0 Å². The average Bonchev–Trinajstić information content (AvgIpc) is 3.20. The van der Waals surface area contributed by atoms with E-state index in [4.69, 9.17) is 24.7 Å². The molecule has 0 radical (unpaired) electrons. The van der Waals surface area contributed by atoms with Gasteiger partial charge in [0.15, 0.2) is 23.0 Å². The Labute approximate surface area is 215 Å². The number of primary amides is 1. The molecule has 1 aliphatic carbocycles. The molecule has 8 nitrogen and oxygen atoms in total. The van der Waals surface area contributed by atoms with Crippen molar-refractivity contribution in [2.75, 3.05) is 33.8 Å². The minimum absolute atomic E-state index is 0.564. The van der Waals surface area contributed by atoms with Crippen LogP contribution in [0.1, 0.15) is 17.5 Å². The Morgan fingerprint density at radius 1 is 0.919 bits per heavy atom. The molecule has 1 aromatic heterocycles. The number of amides is 2. The van der Waals surface area contributed by atoms with Crippen LogP contribution in [0, 0.1) is 0 Å². The van der Waals surface area contributed by atoms with Gasteiger partial charge in [-0.2, -0.15) is 5.32 Å². The van der Waals surface area contributed by atoms with Gasteiger partial charge in [-0.05, 0) is 35.6 Å². The van der Waals surface area contributed by atoms with Gasteiger partial charge >= 0.3 is 6.03 Å². The predicted octanol–water partition coefficient (Wildman–Crippen LogP) is 4.77. The zero-order valence-electron chi connectivity index (χ0n) is 21.4. The first-order valence-electron chi connectivity index (χ1n) is 12.0. The number of ether oxygens (including phenoxy) is 4. The second-order valence-corrected chi connectivity index (χ2v) is 8.76. The summed E-state index contributed by atoms with van der Waals surface area (Å²) in [5.74, 6) is 3.17. The van der Waals surface area contributed by atoms with E-state index in [2.05, 4.69) is 40.2 Å². The van der Waals surface area contributed by atoms with E-state index in [-0.39, 0.29) is 0 Å². The number of hydrogen-bond donors (Lipinski definition) is 2. The third kappa shape index (κ3) is 4.14. The number of fused-ring (bicyclic) bond motifs is 4. The second kappa shape index (κ2) is 9.89. The highest BCUT2D eigenvalue weighted by Crippen LogP contribution is 2.46. The minimum atomic E-state index is -0.642. The number of urea groups is 1. The lowest BCUT2D eigenvalue weighted by molar-refractivity contribution is -0.672. The largest absolute Gasteiger partial charge is 0.493 e. The van der Waals surface area contributed by atoms with Crippen LogP contribution in [-0.4, -0.2) is 34.5 Å². The molecule has 2 heterocycles. The summed E-state index contributed by atoms with van der Waals surface area (Å²) in [6.07, 6.45) is 11.9. The van der Waals surface area contributed by atoms with Crippen molar-refractivity contribution in [3.63, 3.8) is 0 Å². The third-order valence-corrected chi connectivity index (χ3v) is 6.82. The Morgan fingerprint density at radius 3 is 2.38 bits per heavy atom. The summed E-state index contributed by atoms with van der Waals surface area (Å²) in [5.41, 5.74) is 10.6. The summed E-state index contributed by atoms with van der Waals surface area (Å²) in [6, 6.07) is 7.35. The van der Waals surface area contributed by atoms with Crippen LogP contribution in [-0.2, 0) is 13.0 Å². The van der Waals surface area contributed by atoms with E-state index in [9.17, 15) is 4.79 Å². The summed E-state index contributed by atoms with van der Waals surface area (Å²) in [4.78, 5) is 12.1. The normalized spacial score (nSPS) is 13.8. The standard InChI is InChI=1S/C29H29N3O5/c1-34-24-14-18-13-23-22-15-20(17-9-7-5-6-8-10-17)27(37-4)26(36-3)19(22)11-12-32(23)28(31-29(30)33)21(18)16-25(24)35-2/h5-7,9-10,13-16H,8,11-12H2,1-4H3,(H2,30,33)/p+1. The second-order valence-electron chi connectivity index (χ2n) is 8.76. The molecular weight excluding hydrogens is 470 g/mol. The number of allylic oxidation sites excluding steroid dienone is 6. The smallest absolute Gasteiger partial charge is 0.404 e. The third-order valence-electron chi connectivity index (χ3n) is 6.82. The van der Waals surface area contributed by atoms with Gasteiger partial charge in [0.2, 0.25) is 0 Å². The number of nitrogens with zero attached hydrogens (tertiary/aromatic N) is 1. The van der Waals surface area contributed by atoms with Gasteiger partial charge in [0, 0.05) is 29.2 Å². The topological polar surface area (TPSA) is 95.9 Å². The van der Waals surface area contributed by atoms with Crippen LogP contribution >= 0.6 is 0 Å². The first kappa shape index (κ1) is 24.2. The Kier molecular flexibility index (Phi) is 6.48. The molecule has 1 aliphatic heterocycles.